The van der Waals surface area contributed by atoms with Crippen molar-refractivity contribution in [2.45, 2.75) is 39.5 Å². The van der Waals surface area contributed by atoms with Crippen LogP contribution < -0.4 is 0 Å². The largest absolute Gasteiger partial charge is 0.357 e. The summed E-state index contributed by atoms with van der Waals surface area (Å²) in [5.41, 5.74) is 0. The van der Waals surface area contributed by atoms with Gasteiger partial charge in [0.2, 0.25) is 0 Å². The molecule has 16 heavy (non-hydrogen) atoms. The smallest absolute Gasteiger partial charge is 0.306 e. The monoisotopic (exact) mass is 246 g/mol. The zero-order valence-corrected chi connectivity index (χ0v) is 10.8. The van der Waals surface area contributed by atoms with Gasteiger partial charge in [-0.3, -0.25) is 9.36 Å². The molecule has 0 N–H and O–H groups in total. The molecular formula is C11H19O4P. The fourth-order valence-electron chi connectivity index (χ4n) is 1.69. The van der Waals surface area contributed by atoms with Gasteiger partial charge in [-0.2, -0.15) is 0 Å². The highest BCUT2D eigenvalue weighted by Crippen LogP contribution is 2.58. The van der Waals surface area contributed by atoms with Gasteiger partial charge in [0.25, 0.3) is 0 Å². The Morgan fingerprint density at radius 3 is 2.31 bits per heavy atom. The molecule has 92 valence electrons. The predicted octanol–water partition coefficient (Wildman–Crippen LogP) is 3.28. The van der Waals surface area contributed by atoms with Crippen molar-refractivity contribution in [1.29, 1.82) is 0 Å². The maximum Gasteiger partial charge on any atom is 0.357 e. The molecule has 1 aliphatic carbocycles. The van der Waals surface area contributed by atoms with Gasteiger partial charge in [0.1, 0.15) is 0 Å². The van der Waals surface area contributed by atoms with Crippen LogP contribution in [0.25, 0.3) is 0 Å². The van der Waals surface area contributed by atoms with E-state index in [1.165, 1.54) is 6.08 Å². The van der Waals surface area contributed by atoms with E-state index < -0.39 is 7.60 Å². The lowest BCUT2D eigenvalue weighted by atomic mass is 10.2. The first-order chi connectivity index (χ1) is 7.62. The summed E-state index contributed by atoms with van der Waals surface area (Å²) < 4.78 is 22.9. The van der Waals surface area contributed by atoms with E-state index >= 15 is 0 Å². The molecule has 0 aromatic heterocycles. The third kappa shape index (κ3) is 3.55. The van der Waals surface area contributed by atoms with Crippen LogP contribution in [0.15, 0.2) is 11.4 Å². The summed E-state index contributed by atoms with van der Waals surface area (Å²) >= 11 is 0. The number of rotatable bonds is 5. The molecule has 0 atom stereocenters. The fraction of sp³-hybridized carbons (Fsp3) is 0.727. The number of hydrogen-bond donors (Lipinski definition) is 0. The van der Waals surface area contributed by atoms with Gasteiger partial charge in [-0.25, -0.2) is 0 Å². The molecule has 0 fully saturated rings. The van der Waals surface area contributed by atoms with Crippen molar-refractivity contribution in [1.82, 2.24) is 0 Å². The Kier molecular flexibility index (Phi) is 5.39. The number of ketones is 1. The molecule has 1 rings (SSSR count). The molecule has 0 aliphatic heterocycles. The SMILES string of the molecule is CCOP(=O)(OCC)C1=CC(=O)CCCC1. The summed E-state index contributed by atoms with van der Waals surface area (Å²) in [6.45, 7) is 4.18. The van der Waals surface area contributed by atoms with Crippen LogP contribution >= 0.6 is 7.60 Å². The normalized spacial score (nSPS) is 18.1. The third-order valence-electron chi connectivity index (χ3n) is 2.38. The third-order valence-corrected chi connectivity index (χ3v) is 4.64. The van der Waals surface area contributed by atoms with Crippen molar-refractivity contribution in [2.24, 2.45) is 0 Å². The highest BCUT2D eigenvalue weighted by molar-refractivity contribution is 7.58. The minimum Gasteiger partial charge on any atom is -0.306 e. The Morgan fingerprint density at radius 2 is 1.75 bits per heavy atom. The van der Waals surface area contributed by atoms with Gasteiger partial charge in [0.05, 0.1) is 13.2 Å². The van der Waals surface area contributed by atoms with Crippen molar-refractivity contribution < 1.29 is 18.4 Å². The number of hydrogen-bond acceptors (Lipinski definition) is 4. The molecule has 0 saturated carbocycles. The van der Waals surface area contributed by atoms with Gasteiger partial charge >= 0.3 is 7.60 Å². The summed E-state index contributed by atoms with van der Waals surface area (Å²) in [6, 6.07) is 0. The summed E-state index contributed by atoms with van der Waals surface area (Å²) in [5, 5.41) is 0.540. The topological polar surface area (TPSA) is 52.6 Å². The van der Waals surface area contributed by atoms with Crippen LogP contribution in [0.1, 0.15) is 39.5 Å². The van der Waals surface area contributed by atoms with Crippen LogP contribution in [0, 0.1) is 0 Å². The first kappa shape index (κ1) is 13.6. The molecule has 0 radical (unpaired) electrons. The molecular weight excluding hydrogens is 227 g/mol. The summed E-state index contributed by atoms with van der Waals surface area (Å²) in [7, 11) is -3.22. The van der Waals surface area contributed by atoms with Crippen molar-refractivity contribution in [3.05, 3.63) is 11.4 Å². The van der Waals surface area contributed by atoms with Gasteiger partial charge < -0.3 is 9.05 Å². The molecule has 1 aliphatic rings. The predicted molar refractivity (Wildman–Crippen MR) is 62.4 cm³/mol. The van der Waals surface area contributed by atoms with Gasteiger partial charge in [0, 0.05) is 11.7 Å². The van der Waals surface area contributed by atoms with Crippen LogP contribution in [0.5, 0.6) is 0 Å². The van der Waals surface area contributed by atoms with E-state index in [2.05, 4.69) is 0 Å². The summed E-state index contributed by atoms with van der Waals surface area (Å²) in [5.74, 6) is 0.0205. The second-order valence-electron chi connectivity index (χ2n) is 3.64. The van der Waals surface area contributed by atoms with E-state index in [9.17, 15) is 9.36 Å². The second-order valence-corrected chi connectivity index (χ2v) is 5.73. The van der Waals surface area contributed by atoms with Crippen LogP contribution in [0.3, 0.4) is 0 Å². The van der Waals surface area contributed by atoms with Gasteiger partial charge in [0.15, 0.2) is 5.78 Å². The van der Waals surface area contributed by atoms with E-state index in [1.807, 2.05) is 0 Å². The first-order valence-electron chi connectivity index (χ1n) is 5.75. The average molecular weight is 246 g/mol. The Balaban J connectivity index is 2.91. The van der Waals surface area contributed by atoms with Crippen molar-refractivity contribution in [3.8, 4) is 0 Å². The van der Waals surface area contributed by atoms with E-state index in [0.29, 0.717) is 31.4 Å². The Bertz CT molecular complexity index is 312. The van der Waals surface area contributed by atoms with E-state index in [1.54, 1.807) is 13.8 Å². The van der Waals surface area contributed by atoms with Crippen molar-refractivity contribution in [3.63, 3.8) is 0 Å². The minimum absolute atomic E-state index is 0.0205. The number of carbonyl (C=O) groups is 1. The first-order valence-corrected chi connectivity index (χ1v) is 7.29. The number of carbonyl (C=O) groups excluding carboxylic acids is 1. The number of allylic oxidation sites excluding steroid dienone is 2. The minimum atomic E-state index is -3.22. The molecule has 0 unspecified atom stereocenters. The fourth-order valence-corrected chi connectivity index (χ4v) is 3.51. The lowest BCUT2D eigenvalue weighted by Gasteiger charge is -2.19. The van der Waals surface area contributed by atoms with Crippen molar-refractivity contribution in [2.75, 3.05) is 13.2 Å². The summed E-state index contributed by atoms with van der Waals surface area (Å²) in [4.78, 5) is 11.4. The second kappa shape index (κ2) is 6.33. The van der Waals surface area contributed by atoms with Gasteiger partial charge in [-0.05, 0) is 39.2 Å². The average Bonchev–Trinajstić information content (AvgIpc) is 2.44. The van der Waals surface area contributed by atoms with Crippen LogP contribution in [0.2, 0.25) is 0 Å². The van der Waals surface area contributed by atoms with Crippen LogP contribution in [0.4, 0.5) is 0 Å². The molecule has 4 nitrogen and oxygen atoms in total. The van der Waals surface area contributed by atoms with Gasteiger partial charge in [-0.15, -0.1) is 0 Å². The quantitative estimate of drug-likeness (QED) is 0.698. The molecule has 0 bridgehead atoms. The highest BCUT2D eigenvalue weighted by Gasteiger charge is 2.30. The molecule has 0 aromatic carbocycles. The molecule has 0 heterocycles. The van der Waals surface area contributed by atoms with E-state index in [4.69, 9.17) is 9.05 Å². The lowest BCUT2D eigenvalue weighted by Crippen LogP contribution is -2.00. The zero-order chi connectivity index (χ0) is 12.0. The molecule has 0 amide bonds. The molecule has 0 spiro atoms. The Hall–Kier alpha value is -0.440. The Morgan fingerprint density at radius 1 is 1.19 bits per heavy atom. The van der Waals surface area contributed by atoms with Crippen LogP contribution in [-0.4, -0.2) is 19.0 Å². The maximum absolute atomic E-state index is 12.4. The molecule has 5 heteroatoms. The van der Waals surface area contributed by atoms with Gasteiger partial charge in [-0.1, -0.05) is 0 Å². The molecule has 0 aromatic rings. The standard InChI is InChI=1S/C11H19O4P/c1-3-14-16(13,15-4-2)11-8-6-5-7-10(12)9-11/h9H,3-8H2,1-2H3. The lowest BCUT2D eigenvalue weighted by molar-refractivity contribution is -0.114. The molecule has 0 saturated heterocycles. The van der Waals surface area contributed by atoms with Crippen LogP contribution in [-0.2, 0) is 18.4 Å². The summed E-state index contributed by atoms with van der Waals surface area (Å²) in [6.07, 6.45) is 4.32. The van der Waals surface area contributed by atoms with E-state index in [0.717, 1.165) is 12.8 Å². The maximum atomic E-state index is 12.4. The zero-order valence-electron chi connectivity index (χ0n) is 9.90. The Labute approximate surface area is 96.5 Å². The highest BCUT2D eigenvalue weighted by atomic mass is 31.2. The van der Waals surface area contributed by atoms with Crippen molar-refractivity contribution >= 4 is 13.4 Å². The van der Waals surface area contributed by atoms with E-state index in [-0.39, 0.29) is 5.78 Å².